The molecule has 0 amide bonds. The smallest absolute Gasteiger partial charge is 0.0888 e. The van der Waals surface area contributed by atoms with Gasteiger partial charge in [0.05, 0.1) is 5.69 Å². The van der Waals surface area contributed by atoms with Crippen LogP contribution in [0.4, 0.5) is 0 Å². The fourth-order valence-corrected chi connectivity index (χ4v) is 2.07. The molecular formula is C12H16N2S. The van der Waals surface area contributed by atoms with Gasteiger partial charge in [-0.15, -0.1) is 17.5 Å². The molecule has 0 aliphatic carbocycles. The Labute approximate surface area is 95.4 Å². The van der Waals surface area contributed by atoms with Crippen molar-refractivity contribution in [3.63, 3.8) is 0 Å². The Morgan fingerprint density at radius 3 is 2.87 bits per heavy atom. The third-order valence-corrected chi connectivity index (χ3v) is 3.37. The first-order chi connectivity index (χ1) is 7.10. The van der Waals surface area contributed by atoms with E-state index >= 15 is 0 Å². The number of allylic oxidation sites excluding steroid dienone is 1. The minimum Gasteiger partial charge on any atom is -0.272 e. The Morgan fingerprint density at radius 2 is 2.33 bits per heavy atom. The Kier molecular flexibility index (Phi) is 4.01. The molecule has 1 aromatic rings. The van der Waals surface area contributed by atoms with Gasteiger partial charge in [-0.25, -0.2) is 0 Å². The summed E-state index contributed by atoms with van der Waals surface area (Å²) in [7, 11) is 1.95. The number of aromatic nitrogens is 2. The Balaban J connectivity index is 2.93. The van der Waals surface area contributed by atoms with E-state index in [-0.39, 0.29) is 0 Å². The molecule has 0 atom stereocenters. The van der Waals surface area contributed by atoms with Crippen molar-refractivity contribution in [2.75, 3.05) is 0 Å². The molecule has 0 bridgehead atoms. The van der Waals surface area contributed by atoms with Crippen molar-refractivity contribution >= 4 is 17.8 Å². The zero-order chi connectivity index (χ0) is 11.4. The van der Waals surface area contributed by atoms with Gasteiger partial charge in [-0.1, -0.05) is 13.2 Å². The van der Waals surface area contributed by atoms with Gasteiger partial charge in [-0.05, 0) is 19.9 Å². The summed E-state index contributed by atoms with van der Waals surface area (Å²) in [5.41, 5.74) is 6.28. The first-order valence-corrected chi connectivity index (χ1v) is 5.73. The van der Waals surface area contributed by atoms with E-state index in [9.17, 15) is 0 Å². The molecule has 0 saturated heterocycles. The third-order valence-electron chi connectivity index (χ3n) is 2.36. The molecule has 1 heterocycles. The number of hydrogen-bond acceptors (Lipinski definition) is 2. The van der Waals surface area contributed by atoms with Crippen LogP contribution in [0.1, 0.15) is 23.9 Å². The van der Waals surface area contributed by atoms with Gasteiger partial charge in [-0.3, -0.25) is 4.68 Å². The van der Waals surface area contributed by atoms with Crippen LogP contribution in [-0.4, -0.2) is 9.78 Å². The summed E-state index contributed by atoms with van der Waals surface area (Å²) in [4.78, 5) is 1.10. The van der Waals surface area contributed by atoms with Crippen LogP contribution in [0.15, 0.2) is 23.8 Å². The molecule has 0 aromatic carbocycles. The number of rotatable bonds is 4. The van der Waals surface area contributed by atoms with Crippen LogP contribution in [0.2, 0.25) is 0 Å². The largest absolute Gasteiger partial charge is 0.272 e. The highest BCUT2D eigenvalue weighted by Gasteiger charge is 2.10. The van der Waals surface area contributed by atoms with Gasteiger partial charge in [-0.2, -0.15) is 5.10 Å². The van der Waals surface area contributed by atoms with Crippen molar-refractivity contribution in [1.29, 1.82) is 0 Å². The lowest BCUT2D eigenvalue weighted by molar-refractivity contribution is 0.736. The number of aryl methyl sites for hydroxylation is 1. The van der Waals surface area contributed by atoms with E-state index in [1.807, 2.05) is 18.7 Å². The second-order valence-electron chi connectivity index (χ2n) is 3.30. The van der Waals surface area contributed by atoms with Crippen LogP contribution < -0.4 is 0 Å². The number of hydrogen-bond donors (Lipinski definition) is 0. The lowest BCUT2D eigenvalue weighted by atomic mass is 10.2. The molecular weight excluding hydrogens is 204 g/mol. The fourth-order valence-electron chi connectivity index (χ4n) is 1.25. The predicted molar refractivity (Wildman–Crippen MR) is 67.7 cm³/mol. The molecule has 0 aliphatic rings. The molecule has 15 heavy (non-hydrogen) atoms. The Morgan fingerprint density at radius 1 is 1.67 bits per heavy atom. The maximum absolute atomic E-state index is 4.37. The van der Waals surface area contributed by atoms with Crippen molar-refractivity contribution in [2.24, 2.45) is 7.05 Å². The van der Waals surface area contributed by atoms with Gasteiger partial charge >= 0.3 is 0 Å². The highest BCUT2D eigenvalue weighted by Crippen LogP contribution is 2.24. The second-order valence-corrected chi connectivity index (χ2v) is 4.49. The van der Waals surface area contributed by atoms with E-state index in [0.29, 0.717) is 0 Å². The van der Waals surface area contributed by atoms with Crippen LogP contribution in [0.3, 0.4) is 0 Å². The first kappa shape index (κ1) is 11.9. The van der Waals surface area contributed by atoms with Gasteiger partial charge in [0.15, 0.2) is 0 Å². The highest BCUT2D eigenvalue weighted by atomic mass is 32.2. The van der Waals surface area contributed by atoms with E-state index in [4.69, 9.17) is 0 Å². The number of nitrogens with zero attached hydrogens (tertiary/aromatic N) is 2. The topological polar surface area (TPSA) is 17.8 Å². The molecule has 0 saturated carbocycles. The van der Waals surface area contributed by atoms with E-state index in [1.54, 1.807) is 17.8 Å². The normalized spacial score (nSPS) is 9.80. The summed E-state index contributed by atoms with van der Waals surface area (Å²) >= 11 is 1.73. The molecule has 0 aliphatic heterocycles. The molecule has 0 spiro atoms. The van der Waals surface area contributed by atoms with Gasteiger partial charge in [0.2, 0.25) is 0 Å². The predicted octanol–water partition coefficient (Wildman–Crippen LogP) is 3.29. The molecule has 80 valence electrons. The zero-order valence-electron chi connectivity index (χ0n) is 9.50. The van der Waals surface area contributed by atoms with Crippen molar-refractivity contribution < 1.29 is 0 Å². The van der Waals surface area contributed by atoms with Crippen molar-refractivity contribution in [1.82, 2.24) is 9.78 Å². The lowest BCUT2D eigenvalue weighted by Crippen LogP contribution is -1.93. The molecule has 0 unspecified atom stereocenters. The summed E-state index contributed by atoms with van der Waals surface area (Å²) in [6.45, 7) is 11.5. The summed E-state index contributed by atoms with van der Waals surface area (Å²) in [5.74, 6) is 0.898. The zero-order valence-corrected chi connectivity index (χ0v) is 10.3. The molecule has 0 radical (unpaired) electrons. The van der Waals surface area contributed by atoms with Gasteiger partial charge in [0, 0.05) is 29.0 Å². The maximum atomic E-state index is 4.37. The Bertz CT molecular complexity index is 423. The minimum absolute atomic E-state index is 0.898. The van der Waals surface area contributed by atoms with Crippen LogP contribution in [0.25, 0.3) is 6.08 Å². The van der Waals surface area contributed by atoms with Gasteiger partial charge in [0.25, 0.3) is 0 Å². The molecule has 0 N–H and O–H groups in total. The van der Waals surface area contributed by atoms with Crippen LogP contribution >= 0.6 is 11.8 Å². The average molecular weight is 220 g/mol. The second kappa shape index (κ2) is 5.06. The summed E-state index contributed by atoms with van der Waals surface area (Å²) in [5, 5.41) is 4.37. The van der Waals surface area contributed by atoms with Crippen molar-refractivity contribution in [2.45, 2.75) is 19.6 Å². The molecule has 1 rings (SSSR count). The van der Waals surface area contributed by atoms with Crippen LogP contribution in [0.5, 0.6) is 0 Å². The SMILES string of the molecule is C=C=C(C)SCc1c(C=C)nn(C)c1C. The molecule has 3 heteroatoms. The summed E-state index contributed by atoms with van der Waals surface area (Å²) < 4.78 is 1.89. The third kappa shape index (κ3) is 2.65. The number of thioether (sulfide) groups is 1. The van der Waals surface area contributed by atoms with Gasteiger partial charge < -0.3 is 0 Å². The van der Waals surface area contributed by atoms with Crippen molar-refractivity contribution in [3.8, 4) is 0 Å². The fraction of sp³-hybridized carbons (Fsp3) is 0.333. The van der Waals surface area contributed by atoms with E-state index < -0.39 is 0 Å². The summed E-state index contributed by atoms with van der Waals surface area (Å²) in [6.07, 6.45) is 1.80. The molecule has 2 nitrogen and oxygen atoms in total. The van der Waals surface area contributed by atoms with E-state index in [2.05, 4.69) is 30.9 Å². The molecule has 1 aromatic heterocycles. The van der Waals surface area contributed by atoms with Gasteiger partial charge in [0.1, 0.15) is 0 Å². The quantitative estimate of drug-likeness (QED) is 0.725. The minimum atomic E-state index is 0.898. The highest BCUT2D eigenvalue weighted by molar-refractivity contribution is 8.02. The van der Waals surface area contributed by atoms with E-state index in [0.717, 1.165) is 16.4 Å². The maximum Gasteiger partial charge on any atom is 0.0888 e. The lowest BCUT2D eigenvalue weighted by Gasteiger charge is -2.01. The Hall–Kier alpha value is -1.18. The van der Waals surface area contributed by atoms with Crippen molar-refractivity contribution in [3.05, 3.63) is 40.7 Å². The average Bonchev–Trinajstić information content (AvgIpc) is 2.52. The summed E-state index contributed by atoms with van der Waals surface area (Å²) in [6, 6.07) is 0. The van der Waals surface area contributed by atoms with E-state index in [1.165, 1.54) is 11.3 Å². The van der Waals surface area contributed by atoms with Crippen LogP contribution in [-0.2, 0) is 12.8 Å². The monoisotopic (exact) mass is 220 g/mol. The molecule has 0 fully saturated rings. The van der Waals surface area contributed by atoms with Crippen LogP contribution in [0, 0.1) is 6.92 Å². The first-order valence-electron chi connectivity index (χ1n) is 4.74. The standard InChI is InChI=1S/C12H16N2S/c1-6-9(3)15-8-11-10(4)14(5)13-12(11)7-2/h7H,1-2,8H2,3-5H3.